The lowest BCUT2D eigenvalue weighted by atomic mass is 10.00. The molecule has 1 aliphatic carbocycles. The molecule has 5 rings (SSSR count). The van der Waals surface area contributed by atoms with Gasteiger partial charge < -0.3 is 9.47 Å². The van der Waals surface area contributed by atoms with Crippen LogP contribution in [-0.2, 0) is 11.3 Å². The van der Waals surface area contributed by atoms with E-state index < -0.39 is 0 Å². The standard InChI is InChI=1S/C27H29N5O2/c1-19-24(13-7-15-29-19)32-27(25(33-2)21-9-3-4-10-21)30-26(31-32)22-11-5-12-23(16-22)34-18-20-8-6-14-28-17-20/h5-8,11-17,21,25H,3-4,9-10,18H2,1-2H3. The summed E-state index contributed by atoms with van der Waals surface area (Å²) in [6.07, 6.45) is 9.99. The molecule has 4 aromatic rings. The van der Waals surface area contributed by atoms with Gasteiger partial charge in [-0.15, -0.1) is 5.10 Å². The van der Waals surface area contributed by atoms with Gasteiger partial charge in [-0.05, 0) is 56.0 Å². The van der Waals surface area contributed by atoms with Gasteiger partial charge in [0.2, 0.25) is 0 Å². The monoisotopic (exact) mass is 455 g/mol. The first-order valence-corrected chi connectivity index (χ1v) is 11.8. The van der Waals surface area contributed by atoms with Gasteiger partial charge in [-0.2, -0.15) is 0 Å². The molecule has 3 aromatic heterocycles. The summed E-state index contributed by atoms with van der Waals surface area (Å²) in [5, 5.41) is 4.93. The largest absolute Gasteiger partial charge is 0.489 e. The molecule has 0 bridgehead atoms. The second kappa shape index (κ2) is 10.1. The number of methoxy groups -OCH3 is 1. The first kappa shape index (κ1) is 22.2. The maximum atomic E-state index is 6.01. The Morgan fingerprint density at radius 2 is 1.91 bits per heavy atom. The molecule has 7 heteroatoms. The van der Waals surface area contributed by atoms with Crippen molar-refractivity contribution in [1.29, 1.82) is 0 Å². The zero-order chi connectivity index (χ0) is 23.3. The average Bonchev–Trinajstić information content (AvgIpc) is 3.56. The predicted molar refractivity (Wildman–Crippen MR) is 130 cm³/mol. The van der Waals surface area contributed by atoms with E-state index in [1.54, 1.807) is 19.5 Å². The van der Waals surface area contributed by atoms with E-state index in [2.05, 4.69) is 9.97 Å². The molecule has 1 atom stereocenters. The third-order valence-electron chi connectivity index (χ3n) is 6.40. The van der Waals surface area contributed by atoms with E-state index in [4.69, 9.17) is 19.6 Å². The fourth-order valence-electron chi connectivity index (χ4n) is 4.65. The van der Waals surface area contributed by atoms with Gasteiger partial charge in [-0.1, -0.05) is 31.0 Å². The molecule has 34 heavy (non-hydrogen) atoms. The Bertz CT molecular complexity index is 1230. The molecule has 1 aliphatic rings. The van der Waals surface area contributed by atoms with Crippen molar-refractivity contribution in [3.05, 3.63) is 84.2 Å². The first-order chi connectivity index (χ1) is 16.7. The number of pyridine rings is 2. The lowest BCUT2D eigenvalue weighted by molar-refractivity contribution is 0.0449. The topological polar surface area (TPSA) is 75.0 Å². The van der Waals surface area contributed by atoms with Crippen LogP contribution in [0.25, 0.3) is 17.1 Å². The summed E-state index contributed by atoms with van der Waals surface area (Å²) in [5.41, 5.74) is 3.73. The number of rotatable bonds is 8. The summed E-state index contributed by atoms with van der Waals surface area (Å²) in [7, 11) is 1.77. The Hall–Kier alpha value is -3.58. The average molecular weight is 456 g/mol. The summed E-state index contributed by atoms with van der Waals surface area (Å²) in [6.45, 7) is 2.44. The fourth-order valence-corrected chi connectivity index (χ4v) is 4.65. The minimum Gasteiger partial charge on any atom is -0.489 e. The predicted octanol–water partition coefficient (Wildman–Crippen LogP) is 5.49. The first-order valence-electron chi connectivity index (χ1n) is 11.8. The molecular formula is C27H29N5O2. The second-order valence-electron chi connectivity index (χ2n) is 8.69. The Labute approximate surface area is 199 Å². The van der Waals surface area contributed by atoms with E-state index in [-0.39, 0.29) is 6.10 Å². The molecule has 0 radical (unpaired) electrons. The minimum absolute atomic E-state index is 0.117. The Balaban J connectivity index is 1.50. The van der Waals surface area contributed by atoms with Crippen molar-refractivity contribution < 1.29 is 9.47 Å². The Kier molecular flexibility index (Phi) is 6.62. The zero-order valence-corrected chi connectivity index (χ0v) is 19.6. The molecule has 0 saturated heterocycles. The van der Waals surface area contributed by atoms with Crippen LogP contribution in [-0.4, -0.2) is 31.8 Å². The van der Waals surface area contributed by atoms with E-state index in [0.717, 1.165) is 46.9 Å². The van der Waals surface area contributed by atoms with Crippen LogP contribution < -0.4 is 4.74 Å². The molecule has 0 aliphatic heterocycles. The van der Waals surface area contributed by atoms with E-state index >= 15 is 0 Å². The maximum Gasteiger partial charge on any atom is 0.182 e. The highest BCUT2D eigenvalue weighted by atomic mass is 16.5. The van der Waals surface area contributed by atoms with Crippen LogP contribution in [0.2, 0.25) is 0 Å². The molecule has 1 fully saturated rings. The van der Waals surface area contributed by atoms with Crippen molar-refractivity contribution in [2.24, 2.45) is 5.92 Å². The van der Waals surface area contributed by atoms with Crippen LogP contribution in [0.15, 0.2) is 67.1 Å². The van der Waals surface area contributed by atoms with E-state index in [1.165, 1.54) is 12.8 Å². The summed E-state index contributed by atoms with van der Waals surface area (Å²) in [4.78, 5) is 13.6. The van der Waals surface area contributed by atoms with Crippen molar-refractivity contribution in [1.82, 2.24) is 24.7 Å². The normalized spacial score (nSPS) is 14.9. The minimum atomic E-state index is -0.117. The molecule has 1 unspecified atom stereocenters. The number of ether oxygens (including phenoxy) is 2. The van der Waals surface area contributed by atoms with Crippen molar-refractivity contribution in [2.45, 2.75) is 45.3 Å². The number of aromatic nitrogens is 5. The lowest BCUT2D eigenvalue weighted by Crippen LogP contribution is -2.18. The van der Waals surface area contributed by atoms with Crippen molar-refractivity contribution in [3.63, 3.8) is 0 Å². The third kappa shape index (κ3) is 4.70. The fraction of sp³-hybridized carbons (Fsp3) is 0.333. The summed E-state index contributed by atoms with van der Waals surface area (Å²) in [6, 6.07) is 15.8. The second-order valence-corrected chi connectivity index (χ2v) is 8.69. The molecular weight excluding hydrogens is 426 g/mol. The Morgan fingerprint density at radius 1 is 1.06 bits per heavy atom. The summed E-state index contributed by atoms with van der Waals surface area (Å²) >= 11 is 0. The number of benzene rings is 1. The molecule has 174 valence electrons. The maximum absolute atomic E-state index is 6.01. The Morgan fingerprint density at radius 3 is 2.68 bits per heavy atom. The molecule has 0 spiro atoms. The molecule has 0 N–H and O–H groups in total. The van der Waals surface area contributed by atoms with E-state index in [0.29, 0.717) is 18.3 Å². The number of nitrogens with zero attached hydrogens (tertiary/aromatic N) is 5. The number of hydrogen-bond donors (Lipinski definition) is 0. The smallest absolute Gasteiger partial charge is 0.182 e. The highest BCUT2D eigenvalue weighted by molar-refractivity contribution is 5.58. The molecule has 0 amide bonds. The molecule has 3 heterocycles. The van der Waals surface area contributed by atoms with Crippen LogP contribution in [0.4, 0.5) is 0 Å². The van der Waals surface area contributed by atoms with Gasteiger partial charge in [0, 0.05) is 36.8 Å². The van der Waals surface area contributed by atoms with Crippen molar-refractivity contribution in [3.8, 4) is 22.8 Å². The molecule has 7 nitrogen and oxygen atoms in total. The summed E-state index contributed by atoms with van der Waals surface area (Å²) in [5.74, 6) is 2.66. The van der Waals surface area contributed by atoms with Crippen molar-refractivity contribution >= 4 is 0 Å². The van der Waals surface area contributed by atoms with Gasteiger partial charge in [0.25, 0.3) is 0 Å². The molecule has 1 saturated carbocycles. The van der Waals surface area contributed by atoms with Crippen LogP contribution in [0.3, 0.4) is 0 Å². The SMILES string of the molecule is COC(c1nc(-c2cccc(OCc3cccnc3)c2)nn1-c1cccnc1C)C1CCCC1. The number of aryl methyl sites for hydroxylation is 1. The van der Waals surface area contributed by atoms with Crippen LogP contribution in [0, 0.1) is 12.8 Å². The van der Waals surface area contributed by atoms with Crippen LogP contribution in [0.1, 0.15) is 48.9 Å². The van der Waals surface area contributed by atoms with Gasteiger partial charge >= 0.3 is 0 Å². The van der Waals surface area contributed by atoms with Gasteiger partial charge in [0.05, 0.1) is 11.4 Å². The van der Waals surface area contributed by atoms with Gasteiger partial charge in [-0.3, -0.25) is 9.97 Å². The lowest BCUT2D eigenvalue weighted by Gasteiger charge is -2.21. The van der Waals surface area contributed by atoms with Crippen molar-refractivity contribution in [2.75, 3.05) is 7.11 Å². The summed E-state index contributed by atoms with van der Waals surface area (Å²) < 4.78 is 13.9. The zero-order valence-electron chi connectivity index (χ0n) is 19.6. The van der Waals surface area contributed by atoms with E-state index in [1.807, 2.05) is 66.3 Å². The van der Waals surface area contributed by atoms with E-state index in [9.17, 15) is 0 Å². The van der Waals surface area contributed by atoms with Gasteiger partial charge in [-0.25, -0.2) is 9.67 Å². The van der Waals surface area contributed by atoms with Crippen LogP contribution >= 0.6 is 0 Å². The van der Waals surface area contributed by atoms with Gasteiger partial charge in [0.15, 0.2) is 11.6 Å². The van der Waals surface area contributed by atoms with Gasteiger partial charge in [0.1, 0.15) is 18.5 Å². The quantitative estimate of drug-likeness (QED) is 0.350. The molecule has 1 aromatic carbocycles. The highest BCUT2D eigenvalue weighted by Gasteiger charge is 2.31. The number of hydrogen-bond acceptors (Lipinski definition) is 6. The van der Waals surface area contributed by atoms with Crippen LogP contribution in [0.5, 0.6) is 5.75 Å². The highest BCUT2D eigenvalue weighted by Crippen LogP contribution is 2.38. The third-order valence-corrected chi connectivity index (χ3v) is 6.40.